The number of ether oxygens (including phenoxy) is 2. The van der Waals surface area contributed by atoms with E-state index in [2.05, 4.69) is 0 Å². The molecule has 0 amide bonds. The van der Waals surface area contributed by atoms with Gasteiger partial charge in [0.25, 0.3) is 0 Å². The molecule has 7 rings (SSSR count). The summed E-state index contributed by atoms with van der Waals surface area (Å²) in [5, 5.41) is 0. The number of rotatable bonds is 0. The van der Waals surface area contributed by atoms with Gasteiger partial charge in [0.1, 0.15) is 0 Å². The molecule has 5 saturated carbocycles. The summed E-state index contributed by atoms with van der Waals surface area (Å²) in [6.07, 6.45) is 7.40. The van der Waals surface area contributed by atoms with Gasteiger partial charge >= 0.3 is 23.9 Å². The molecule has 6 nitrogen and oxygen atoms in total. The van der Waals surface area contributed by atoms with Crippen LogP contribution >= 0.6 is 0 Å². The van der Waals surface area contributed by atoms with E-state index in [9.17, 15) is 19.2 Å². The van der Waals surface area contributed by atoms with Crippen molar-refractivity contribution in [2.24, 2.45) is 46.3 Å². The van der Waals surface area contributed by atoms with Gasteiger partial charge < -0.3 is 9.47 Å². The average molecular weight is 358 g/mol. The van der Waals surface area contributed by atoms with E-state index in [1.54, 1.807) is 0 Å². The van der Waals surface area contributed by atoms with Gasteiger partial charge in [0.05, 0.1) is 23.7 Å². The average Bonchev–Trinajstić information content (AvgIpc) is 3.12. The standard InChI is InChI=1S/C20H22O6/c21-15-11-13(17(23)25-15)20-8-4-2-6-10(20)9-5-1-3-7-19(9,11)12-14(20)18(24)26-16(12)22/h9-14H,1-8H2. The lowest BCUT2D eigenvalue weighted by Gasteiger charge is -2.71. The fraction of sp³-hybridized carbons (Fsp3) is 0.800. The molecule has 7 fully saturated rings. The molecule has 2 saturated heterocycles. The second-order valence-corrected chi connectivity index (χ2v) is 9.32. The summed E-state index contributed by atoms with van der Waals surface area (Å²) >= 11 is 0. The molecule has 26 heavy (non-hydrogen) atoms. The van der Waals surface area contributed by atoms with E-state index >= 15 is 0 Å². The van der Waals surface area contributed by atoms with E-state index in [-0.39, 0.29) is 11.8 Å². The Labute approximate surface area is 151 Å². The van der Waals surface area contributed by atoms with Crippen molar-refractivity contribution in [3.8, 4) is 0 Å². The third-order valence-corrected chi connectivity index (χ3v) is 9.02. The topological polar surface area (TPSA) is 86.7 Å². The van der Waals surface area contributed by atoms with Crippen molar-refractivity contribution in [1.82, 2.24) is 0 Å². The van der Waals surface area contributed by atoms with Crippen LogP contribution < -0.4 is 0 Å². The number of esters is 4. The molecule has 138 valence electrons. The zero-order chi connectivity index (χ0) is 17.8. The zero-order valence-corrected chi connectivity index (χ0v) is 14.6. The van der Waals surface area contributed by atoms with Crippen molar-refractivity contribution in [3.05, 3.63) is 0 Å². The summed E-state index contributed by atoms with van der Waals surface area (Å²) in [4.78, 5) is 51.3. The number of carbonyl (C=O) groups is 4. The smallest absolute Gasteiger partial charge is 0.318 e. The van der Waals surface area contributed by atoms with Gasteiger partial charge in [0.15, 0.2) is 0 Å². The molecule has 6 atom stereocenters. The molecule has 0 radical (unpaired) electrons. The lowest BCUT2D eigenvalue weighted by Crippen LogP contribution is -2.73. The summed E-state index contributed by atoms with van der Waals surface area (Å²) in [5.41, 5.74) is -1.24. The molecule has 6 unspecified atom stereocenters. The van der Waals surface area contributed by atoms with E-state index in [1.807, 2.05) is 0 Å². The summed E-state index contributed by atoms with van der Waals surface area (Å²) < 4.78 is 10.3. The van der Waals surface area contributed by atoms with Crippen LogP contribution in [0.5, 0.6) is 0 Å². The molecule has 6 heteroatoms. The molecule has 0 aromatic rings. The molecule has 7 aliphatic rings. The highest BCUT2D eigenvalue weighted by atomic mass is 16.6. The van der Waals surface area contributed by atoms with Gasteiger partial charge in [-0.25, -0.2) is 0 Å². The zero-order valence-electron chi connectivity index (χ0n) is 14.6. The van der Waals surface area contributed by atoms with Crippen LogP contribution in [0.3, 0.4) is 0 Å². The van der Waals surface area contributed by atoms with Crippen molar-refractivity contribution in [2.45, 2.75) is 51.4 Å². The Hall–Kier alpha value is -1.72. The molecule has 2 bridgehead atoms. The van der Waals surface area contributed by atoms with E-state index < -0.39 is 58.4 Å². The van der Waals surface area contributed by atoms with Crippen LogP contribution in [0.2, 0.25) is 0 Å². The minimum atomic E-state index is -0.621. The van der Waals surface area contributed by atoms with Gasteiger partial charge in [-0.05, 0) is 37.5 Å². The first-order valence-corrected chi connectivity index (χ1v) is 10.0. The van der Waals surface area contributed by atoms with Crippen LogP contribution in [0, 0.1) is 46.3 Å². The highest BCUT2D eigenvalue weighted by Gasteiger charge is 2.84. The van der Waals surface area contributed by atoms with Gasteiger partial charge in [-0.3, -0.25) is 19.2 Å². The Morgan fingerprint density at radius 1 is 0.577 bits per heavy atom. The quantitative estimate of drug-likeness (QED) is 0.486. The minimum Gasteiger partial charge on any atom is -0.393 e. The van der Waals surface area contributed by atoms with E-state index in [4.69, 9.17) is 9.47 Å². The van der Waals surface area contributed by atoms with Crippen LogP contribution in [0.4, 0.5) is 0 Å². The molecule has 0 N–H and O–H groups in total. The summed E-state index contributed by atoms with van der Waals surface area (Å²) in [6, 6.07) is 0. The largest absolute Gasteiger partial charge is 0.393 e. The normalized spacial score (nSPS) is 54.2. The molecular formula is C20H22O6. The van der Waals surface area contributed by atoms with Crippen molar-refractivity contribution < 1.29 is 28.7 Å². The fourth-order valence-electron chi connectivity index (χ4n) is 8.70. The van der Waals surface area contributed by atoms with Gasteiger partial charge in [-0.2, -0.15) is 0 Å². The number of cyclic esters (lactones) is 4. The highest BCUT2D eigenvalue weighted by Crippen LogP contribution is 2.80. The molecule has 5 aliphatic carbocycles. The van der Waals surface area contributed by atoms with E-state index in [0.29, 0.717) is 0 Å². The fourth-order valence-corrected chi connectivity index (χ4v) is 8.70. The predicted octanol–water partition coefficient (Wildman–Crippen LogP) is 2.00. The first kappa shape index (κ1) is 15.3. The van der Waals surface area contributed by atoms with E-state index in [1.165, 1.54) is 0 Å². The maximum absolute atomic E-state index is 12.8. The minimum absolute atomic E-state index is 0.218. The van der Waals surface area contributed by atoms with Crippen LogP contribution in [0.15, 0.2) is 0 Å². The number of carbonyl (C=O) groups excluding carboxylic acids is 4. The summed E-state index contributed by atoms with van der Waals surface area (Å²) in [5.74, 6) is -3.64. The van der Waals surface area contributed by atoms with Crippen molar-refractivity contribution in [2.75, 3.05) is 0 Å². The molecule has 2 aliphatic heterocycles. The van der Waals surface area contributed by atoms with Gasteiger partial charge in [-0.1, -0.05) is 25.7 Å². The maximum atomic E-state index is 12.8. The highest BCUT2D eigenvalue weighted by molar-refractivity contribution is 6.04. The van der Waals surface area contributed by atoms with E-state index in [0.717, 1.165) is 51.4 Å². The van der Waals surface area contributed by atoms with Crippen LogP contribution in [-0.2, 0) is 28.7 Å². The van der Waals surface area contributed by atoms with Crippen LogP contribution in [0.1, 0.15) is 51.4 Å². The van der Waals surface area contributed by atoms with Gasteiger partial charge in [-0.15, -0.1) is 0 Å². The summed E-state index contributed by atoms with van der Waals surface area (Å²) in [7, 11) is 0. The second kappa shape index (κ2) is 4.57. The third-order valence-electron chi connectivity index (χ3n) is 9.02. The molecular weight excluding hydrogens is 336 g/mol. The Kier molecular flexibility index (Phi) is 2.70. The third kappa shape index (κ3) is 1.36. The van der Waals surface area contributed by atoms with Crippen molar-refractivity contribution in [1.29, 1.82) is 0 Å². The van der Waals surface area contributed by atoms with Gasteiger partial charge in [0, 0.05) is 10.8 Å². The number of hydrogen-bond donors (Lipinski definition) is 0. The number of hydrogen-bond acceptors (Lipinski definition) is 6. The first-order chi connectivity index (χ1) is 12.5. The SMILES string of the molecule is O=C1OC(=O)C2C1C13CCCCC1C1CCCCC12C1C(=O)OC(=O)C13. The monoisotopic (exact) mass is 358 g/mol. The van der Waals surface area contributed by atoms with Crippen molar-refractivity contribution in [3.63, 3.8) is 0 Å². The molecule has 0 aromatic heterocycles. The second-order valence-electron chi connectivity index (χ2n) is 9.32. The molecule has 0 aromatic carbocycles. The lowest BCUT2D eigenvalue weighted by molar-refractivity contribution is -0.260. The van der Waals surface area contributed by atoms with Crippen LogP contribution in [0.25, 0.3) is 0 Å². The summed E-state index contributed by atoms with van der Waals surface area (Å²) in [6.45, 7) is 0. The Morgan fingerprint density at radius 2 is 0.923 bits per heavy atom. The Morgan fingerprint density at radius 3 is 1.27 bits per heavy atom. The maximum Gasteiger partial charge on any atom is 0.318 e. The Bertz CT molecular complexity index is 664. The first-order valence-electron chi connectivity index (χ1n) is 10.0. The lowest BCUT2D eigenvalue weighted by atomic mass is 9.28. The Balaban J connectivity index is 1.68. The van der Waals surface area contributed by atoms with Gasteiger partial charge in [0.2, 0.25) is 0 Å². The predicted molar refractivity (Wildman–Crippen MR) is 84.9 cm³/mol. The molecule has 2 spiro atoms. The van der Waals surface area contributed by atoms with Crippen molar-refractivity contribution >= 4 is 23.9 Å². The van der Waals surface area contributed by atoms with Crippen LogP contribution in [-0.4, -0.2) is 23.9 Å². The molecule has 2 heterocycles.